The van der Waals surface area contributed by atoms with Crippen LogP contribution < -0.4 is 10.1 Å². The summed E-state index contributed by atoms with van der Waals surface area (Å²) in [5.41, 5.74) is 0.00363. The normalized spacial score (nSPS) is 13.7. The first-order valence-corrected chi connectivity index (χ1v) is 7.10. The van der Waals surface area contributed by atoms with E-state index >= 15 is 0 Å². The van der Waals surface area contributed by atoms with E-state index in [0.29, 0.717) is 17.2 Å². The van der Waals surface area contributed by atoms with Crippen LogP contribution in [0, 0.1) is 6.92 Å². The van der Waals surface area contributed by atoms with E-state index in [4.69, 9.17) is 16.3 Å². The summed E-state index contributed by atoms with van der Waals surface area (Å²) in [5.74, 6) is 0.376. The molecule has 0 spiro atoms. The number of halogens is 1. The number of nitrogens with one attached hydrogen (secondary N) is 1. The highest BCUT2D eigenvalue weighted by Gasteiger charge is 2.19. The van der Waals surface area contributed by atoms with Gasteiger partial charge in [-0.15, -0.1) is 0 Å². The monoisotopic (exact) mass is 299 g/mol. The third-order valence-corrected chi connectivity index (χ3v) is 3.19. The predicted octanol–water partition coefficient (Wildman–Crippen LogP) is 2.69. The van der Waals surface area contributed by atoms with Gasteiger partial charge in [-0.3, -0.25) is 4.79 Å². The van der Waals surface area contributed by atoms with E-state index in [-0.39, 0.29) is 19.1 Å². The average molecular weight is 300 g/mol. The summed E-state index contributed by atoms with van der Waals surface area (Å²) >= 11 is 5.85. The molecule has 1 aromatic rings. The summed E-state index contributed by atoms with van der Waals surface area (Å²) in [7, 11) is 0. The second-order valence-electron chi connectivity index (χ2n) is 5.22. The molecule has 0 heterocycles. The number of benzene rings is 1. The van der Waals surface area contributed by atoms with Crippen LogP contribution in [0.25, 0.3) is 0 Å². The minimum absolute atomic E-state index is 0.0787. The number of aliphatic hydroxyl groups is 1. The number of carbonyl (C=O) groups excluding carboxylic acids is 1. The molecule has 1 aromatic carbocycles. The highest BCUT2D eigenvalue weighted by Crippen LogP contribution is 2.21. The molecule has 1 unspecified atom stereocenters. The highest BCUT2D eigenvalue weighted by atomic mass is 35.5. The summed E-state index contributed by atoms with van der Waals surface area (Å²) in [4.78, 5) is 11.7. The Morgan fingerprint density at radius 3 is 2.80 bits per heavy atom. The predicted molar refractivity (Wildman–Crippen MR) is 80.2 cm³/mol. The third kappa shape index (κ3) is 5.80. The van der Waals surface area contributed by atoms with E-state index in [2.05, 4.69) is 5.32 Å². The molecule has 1 amide bonds. The Labute approximate surface area is 125 Å². The Bertz CT molecular complexity index is 460. The Hall–Kier alpha value is -1.26. The minimum atomic E-state index is -0.874. The Kier molecular flexibility index (Phi) is 6.30. The Morgan fingerprint density at radius 2 is 2.20 bits per heavy atom. The summed E-state index contributed by atoms with van der Waals surface area (Å²) in [6.07, 6.45) is 1.51. The maximum absolute atomic E-state index is 11.7. The van der Waals surface area contributed by atoms with Gasteiger partial charge in [-0.1, -0.05) is 24.9 Å². The first-order valence-electron chi connectivity index (χ1n) is 6.72. The standard InChI is InChI=1S/C15H22ClNO3/c1-4-7-15(3,19)10-17-14(18)9-20-13-6-5-12(16)8-11(13)2/h5-6,8,19H,4,7,9-10H2,1-3H3,(H,17,18). The highest BCUT2D eigenvalue weighted by molar-refractivity contribution is 6.30. The molecular weight excluding hydrogens is 278 g/mol. The molecule has 0 saturated heterocycles. The molecule has 5 heteroatoms. The van der Waals surface area contributed by atoms with Gasteiger partial charge in [-0.05, 0) is 44.0 Å². The van der Waals surface area contributed by atoms with Gasteiger partial charge in [0.25, 0.3) is 5.91 Å². The van der Waals surface area contributed by atoms with Gasteiger partial charge in [-0.25, -0.2) is 0 Å². The van der Waals surface area contributed by atoms with Gasteiger partial charge in [0.1, 0.15) is 5.75 Å². The zero-order valence-corrected chi connectivity index (χ0v) is 13.0. The van der Waals surface area contributed by atoms with Crippen molar-refractivity contribution in [1.29, 1.82) is 0 Å². The number of hydrogen-bond acceptors (Lipinski definition) is 3. The second kappa shape index (κ2) is 7.50. The first kappa shape index (κ1) is 16.8. The molecule has 2 N–H and O–H groups in total. The Balaban J connectivity index is 2.40. The van der Waals surface area contributed by atoms with Gasteiger partial charge < -0.3 is 15.2 Å². The van der Waals surface area contributed by atoms with E-state index in [1.165, 1.54) is 0 Å². The van der Waals surface area contributed by atoms with Crippen LogP contribution >= 0.6 is 11.6 Å². The molecule has 4 nitrogen and oxygen atoms in total. The minimum Gasteiger partial charge on any atom is -0.484 e. The van der Waals surface area contributed by atoms with Crippen LogP contribution in [-0.2, 0) is 4.79 Å². The van der Waals surface area contributed by atoms with Crippen molar-refractivity contribution in [3.63, 3.8) is 0 Å². The topological polar surface area (TPSA) is 58.6 Å². The van der Waals surface area contributed by atoms with Gasteiger partial charge in [0.2, 0.25) is 0 Å². The largest absolute Gasteiger partial charge is 0.484 e. The van der Waals surface area contributed by atoms with Crippen molar-refractivity contribution >= 4 is 17.5 Å². The van der Waals surface area contributed by atoms with Crippen molar-refractivity contribution in [2.45, 2.75) is 39.2 Å². The average Bonchev–Trinajstić information content (AvgIpc) is 2.35. The van der Waals surface area contributed by atoms with Gasteiger partial charge >= 0.3 is 0 Å². The van der Waals surface area contributed by atoms with Crippen LogP contribution in [0.15, 0.2) is 18.2 Å². The summed E-state index contributed by atoms with van der Waals surface area (Å²) < 4.78 is 5.43. The lowest BCUT2D eigenvalue weighted by atomic mass is 10.0. The maximum Gasteiger partial charge on any atom is 0.258 e. The lowest BCUT2D eigenvalue weighted by Gasteiger charge is -2.22. The molecule has 0 radical (unpaired) electrons. The molecule has 0 saturated carbocycles. The van der Waals surface area contributed by atoms with E-state index in [9.17, 15) is 9.90 Å². The maximum atomic E-state index is 11.7. The van der Waals surface area contributed by atoms with Crippen LogP contribution in [0.1, 0.15) is 32.3 Å². The molecule has 0 fully saturated rings. The van der Waals surface area contributed by atoms with Crippen molar-refractivity contribution in [1.82, 2.24) is 5.32 Å². The molecule has 0 bridgehead atoms. The number of hydrogen-bond donors (Lipinski definition) is 2. The lowest BCUT2D eigenvalue weighted by molar-refractivity contribution is -0.124. The van der Waals surface area contributed by atoms with Crippen LogP contribution in [0.3, 0.4) is 0 Å². The van der Waals surface area contributed by atoms with Crippen LogP contribution in [0.5, 0.6) is 5.75 Å². The molecule has 0 aromatic heterocycles. The molecular formula is C15H22ClNO3. The quantitative estimate of drug-likeness (QED) is 0.814. The fourth-order valence-electron chi connectivity index (χ4n) is 1.89. The van der Waals surface area contributed by atoms with Gasteiger partial charge in [-0.2, -0.15) is 0 Å². The third-order valence-electron chi connectivity index (χ3n) is 2.95. The van der Waals surface area contributed by atoms with E-state index in [1.54, 1.807) is 25.1 Å². The summed E-state index contributed by atoms with van der Waals surface area (Å²) in [6.45, 7) is 5.71. The zero-order chi connectivity index (χ0) is 15.2. The second-order valence-corrected chi connectivity index (χ2v) is 5.66. The van der Waals surface area contributed by atoms with E-state index in [1.807, 2.05) is 13.8 Å². The fourth-order valence-corrected chi connectivity index (χ4v) is 2.11. The van der Waals surface area contributed by atoms with Crippen molar-refractivity contribution < 1.29 is 14.6 Å². The van der Waals surface area contributed by atoms with Crippen LogP contribution in [-0.4, -0.2) is 29.8 Å². The Morgan fingerprint density at radius 1 is 1.50 bits per heavy atom. The van der Waals surface area contributed by atoms with Crippen molar-refractivity contribution in [3.8, 4) is 5.75 Å². The van der Waals surface area contributed by atoms with Crippen LogP contribution in [0.2, 0.25) is 5.02 Å². The lowest BCUT2D eigenvalue weighted by Crippen LogP contribution is -2.42. The van der Waals surface area contributed by atoms with Gasteiger partial charge in [0.15, 0.2) is 6.61 Å². The summed E-state index contributed by atoms with van der Waals surface area (Å²) in [5, 5.41) is 13.3. The molecule has 0 aliphatic carbocycles. The fraction of sp³-hybridized carbons (Fsp3) is 0.533. The number of carbonyl (C=O) groups is 1. The molecule has 1 atom stereocenters. The van der Waals surface area contributed by atoms with Crippen molar-refractivity contribution in [2.75, 3.05) is 13.2 Å². The first-order chi connectivity index (χ1) is 9.34. The van der Waals surface area contributed by atoms with E-state index < -0.39 is 5.60 Å². The number of ether oxygens (including phenoxy) is 1. The SMILES string of the molecule is CCCC(C)(O)CNC(=O)COc1ccc(Cl)cc1C. The van der Waals surface area contributed by atoms with Gasteiger partial charge in [0.05, 0.1) is 5.60 Å². The number of aryl methyl sites for hydroxylation is 1. The molecule has 0 aliphatic rings. The number of amides is 1. The molecule has 1 rings (SSSR count). The number of rotatable bonds is 7. The molecule has 0 aliphatic heterocycles. The zero-order valence-electron chi connectivity index (χ0n) is 12.2. The van der Waals surface area contributed by atoms with Crippen LogP contribution in [0.4, 0.5) is 0 Å². The van der Waals surface area contributed by atoms with Crippen molar-refractivity contribution in [2.24, 2.45) is 0 Å². The summed E-state index contributed by atoms with van der Waals surface area (Å²) in [6, 6.07) is 5.23. The van der Waals surface area contributed by atoms with E-state index in [0.717, 1.165) is 12.0 Å². The smallest absolute Gasteiger partial charge is 0.258 e. The molecule has 112 valence electrons. The molecule has 20 heavy (non-hydrogen) atoms. The van der Waals surface area contributed by atoms with Crippen molar-refractivity contribution in [3.05, 3.63) is 28.8 Å². The van der Waals surface area contributed by atoms with Gasteiger partial charge in [0, 0.05) is 11.6 Å².